The molecule has 0 N–H and O–H groups in total. The molecule has 25 heavy (non-hydrogen) atoms. The van der Waals surface area contributed by atoms with Crippen molar-refractivity contribution in [1.82, 2.24) is 9.80 Å². The highest BCUT2D eigenvalue weighted by atomic mass is 19.1. The Hall–Kier alpha value is -1.91. The first-order valence-electron chi connectivity index (χ1n) is 9.36. The van der Waals surface area contributed by atoms with Gasteiger partial charge >= 0.3 is 0 Å². The van der Waals surface area contributed by atoms with Crippen LogP contribution in [-0.4, -0.2) is 47.8 Å². The molecule has 1 aromatic carbocycles. The maximum atomic E-state index is 14.0. The SMILES string of the molecule is O=C(CN1CC2(CCCC2)CC1=O)N1CC[C@@H](c2ccccc2F)C1. The van der Waals surface area contributed by atoms with Crippen molar-refractivity contribution in [3.63, 3.8) is 0 Å². The van der Waals surface area contributed by atoms with Gasteiger partial charge in [0.2, 0.25) is 11.8 Å². The third kappa shape index (κ3) is 3.16. The van der Waals surface area contributed by atoms with Crippen LogP contribution in [0.2, 0.25) is 0 Å². The maximum absolute atomic E-state index is 14.0. The van der Waals surface area contributed by atoms with Crippen molar-refractivity contribution in [3.8, 4) is 0 Å². The Bertz CT molecular complexity index is 684. The van der Waals surface area contributed by atoms with Gasteiger partial charge in [0.25, 0.3) is 0 Å². The van der Waals surface area contributed by atoms with E-state index in [0.29, 0.717) is 25.1 Å². The molecule has 3 fully saturated rings. The zero-order valence-electron chi connectivity index (χ0n) is 14.5. The molecular formula is C20H25FN2O2. The van der Waals surface area contributed by atoms with Crippen LogP contribution in [0, 0.1) is 11.2 Å². The molecule has 0 unspecified atom stereocenters. The van der Waals surface area contributed by atoms with Gasteiger partial charge in [0, 0.05) is 32.0 Å². The molecule has 0 aromatic heterocycles. The summed E-state index contributed by atoms with van der Waals surface area (Å²) in [6.45, 7) is 2.12. The minimum atomic E-state index is -0.195. The van der Waals surface area contributed by atoms with E-state index in [1.807, 2.05) is 12.1 Å². The van der Waals surface area contributed by atoms with E-state index in [1.165, 1.54) is 18.9 Å². The van der Waals surface area contributed by atoms with Gasteiger partial charge < -0.3 is 9.80 Å². The van der Waals surface area contributed by atoms with Crippen LogP contribution in [-0.2, 0) is 9.59 Å². The minimum absolute atomic E-state index is 0.00207. The molecule has 4 rings (SSSR count). The molecule has 1 atom stereocenters. The van der Waals surface area contributed by atoms with Gasteiger partial charge in [0.1, 0.15) is 5.82 Å². The van der Waals surface area contributed by atoms with Crippen LogP contribution in [0.25, 0.3) is 0 Å². The highest BCUT2D eigenvalue weighted by Gasteiger charge is 2.45. The number of amides is 2. The van der Waals surface area contributed by atoms with Gasteiger partial charge in [-0.3, -0.25) is 9.59 Å². The van der Waals surface area contributed by atoms with Crippen molar-refractivity contribution in [2.45, 2.75) is 44.4 Å². The quantitative estimate of drug-likeness (QED) is 0.846. The lowest BCUT2D eigenvalue weighted by Crippen LogP contribution is -2.40. The number of nitrogens with zero attached hydrogens (tertiary/aromatic N) is 2. The molecule has 4 nitrogen and oxygen atoms in total. The topological polar surface area (TPSA) is 40.6 Å². The summed E-state index contributed by atoms with van der Waals surface area (Å²) in [6.07, 6.45) is 6.02. The van der Waals surface area contributed by atoms with Crippen LogP contribution in [0.5, 0.6) is 0 Å². The third-order valence-corrected chi connectivity index (χ3v) is 6.28. The predicted octanol–water partition coefficient (Wildman–Crippen LogP) is 2.93. The normalized spacial score (nSPS) is 25.3. The first-order chi connectivity index (χ1) is 12.1. The second-order valence-corrected chi connectivity index (χ2v) is 7.98. The van der Waals surface area contributed by atoms with Crippen LogP contribution in [0.1, 0.15) is 50.0 Å². The van der Waals surface area contributed by atoms with Gasteiger partial charge in [-0.05, 0) is 36.3 Å². The molecule has 2 heterocycles. The molecule has 2 aliphatic heterocycles. The Kier molecular flexibility index (Phi) is 4.26. The van der Waals surface area contributed by atoms with Crippen molar-refractivity contribution in [2.24, 2.45) is 5.41 Å². The summed E-state index contributed by atoms with van der Waals surface area (Å²) in [4.78, 5) is 28.5. The van der Waals surface area contributed by atoms with E-state index in [4.69, 9.17) is 0 Å². The van der Waals surface area contributed by atoms with E-state index in [2.05, 4.69) is 0 Å². The van der Waals surface area contributed by atoms with Gasteiger partial charge in [-0.25, -0.2) is 4.39 Å². The first kappa shape index (κ1) is 16.6. The molecule has 3 aliphatic rings. The third-order valence-electron chi connectivity index (χ3n) is 6.28. The fourth-order valence-electron chi connectivity index (χ4n) is 4.90. The number of benzene rings is 1. The van der Waals surface area contributed by atoms with Crippen LogP contribution >= 0.6 is 0 Å². The molecule has 5 heteroatoms. The summed E-state index contributed by atoms with van der Waals surface area (Å²) >= 11 is 0. The molecule has 1 spiro atoms. The highest BCUT2D eigenvalue weighted by Crippen LogP contribution is 2.45. The molecule has 1 saturated carbocycles. The van der Waals surface area contributed by atoms with Crippen LogP contribution in [0.3, 0.4) is 0 Å². The van der Waals surface area contributed by atoms with Crippen molar-refractivity contribution >= 4 is 11.8 Å². The Morgan fingerprint density at radius 3 is 2.76 bits per heavy atom. The van der Waals surface area contributed by atoms with Crippen LogP contribution in [0.4, 0.5) is 4.39 Å². The monoisotopic (exact) mass is 344 g/mol. The standard InChI is InChI=1S/C20H25FN2O2/c21-17-6-2-1-5-16(17)15-7-10-22(12-15)19(25)13-23-14-20(11-18(23)24)8-3-4-9-20/h1-2,5-6,15H,3-4,7-14H2/t15-/m1/s1. The van der Waals surface area contributed by atoms with E-state index in [0.717, 1.165) is 25.8 Å². The fraction of sp³-hybridized carbons (Fsp3) is 0.600. The smallest absolute Gasteiger partial charge is 0.242 e. The van der Waals surface area contributed by atoms with Crippen molar-refractivity contribution < 1.29 is 14.0 Å². The average Bonchev–Trinajstić information content (AvgIpc) is 3.30. The van der Waals surface area contributed by atoms with Crippen molar-refractivity contribution in [2.75, 3.05) is 26.2 Å². The van der Waals surface area contributed by atoms with Gasteiger partial charge in [0.05, 0.1) is 6.54 Å². The number of rotatable bonds is 3. The summed E-state index contributed by atoms with van der Waals surface area (Å²) in [6, 6.07) is 6.81. The number of likely N-dealkylation sites (tertiary alicyclic amines) is 2. The molecule has 134 valence electrons. The summed E-state index contributed by atoms with van der Waals surface area (Å²) in [5.74, 6) is -0.0114. The molecule has 2 amide bonds. The van der Waals surface area contributed by atoms with Gasteiger partial charge in [0.15, 0.2) is 0 Å². The molecule has 0 bridgehead atoms. The number of carbonyl (C=O) groups excluding carboxylic acids is 2. The lowest BCUT2D eigenvalue weighted by molar-refractivity contribution is -0.137. The Balaban J connectivity index is 1.36. The molecule has 1 aliphatic carbocycles. The molecule has 0 radical (unpaired) electrons. The fourth-order valence-corrected chi connectivity index (χ4v) is 4.90. The Morgan fingerprint density at radius 1 is 1.24 bits per heavy atom. The van der Waals surface area contributed by atoms with Crippen LogP contribution < -0.4 is 0 Å². The Morgan fingerprint density at radius 2 is 2.00 bits per heavy atom. The largest absolute Gasteiger partial charge is 0.341 e. The number of halogens is 1. The van der Waals surface area contributed by atoms with E-state index < -0.39 is 0 Å². The van der Waals surface area contributed by atoms with Crippen molar-refractivity contribution in [3.05, 3.63) is 35.6 Å². The average molecular weight is 344 g/mol. The molecular weight excluding hydrogens is 319 g/mol. The number of carbonyl (C=O) groups is 2. The van der Waals surface area contributed by atoms with E-state index >= 15 is 0 Å². The Labute approximate surface area is 148 Å². The zero-order valence-corrected chi connectivity index (χ0v) is 14.5. The lowest BCUT2D eigenvalue weighted by atomic mass is 9.85. The summed E-state index contributed by atoms with van der Waals surface area (Å²) in [5.41, 5.74) is 0.831. The summed E-state index contributed by atoms with van der Waals surface area (Å²) < 4.78 is 14.0. The van der Waals surface area contributed by atoms with Gasteiger partial charge in [-0.15, -0.1) is 0 Å². The van der Waals surface area contributed by atoms with Gasteiger partial charge in [-0.2, -0.15) is 0 Å². The lowest BCUT2D eigenvalue weighted by Gasteiger charge is -2.24. The molecule has 2 saturated heterocycles. The second kappa shape index (κ2) is 6.43. The van der Waals surface area contributed by atoms with E-state index in [1.54, 1.807) is 15.9 Å². The maximum Gasteiger partial charge on any atom is 0.242 e. The predicted molar refractivity (Wildman–Crippen MR) is 92.4 cm³/mol. The molecule has 1 aromatic rings. The van der Waals surface area contributed by atoms with Gasteiger partial charge in [-0.1, -0.05) is 31.0 Å². The van der Waals surface area contributed by atoms with E-state index in [-0.39, 0.29) is 35.5 Å². The van der Waals surface area contributed by atoms with Crippen LogP contribution in [0.15, 0.2) is 24.3 Å². The first-order valence-corrected chi connectivity index (χ1v) is 9.36. The van der Waals surface area contributed by atoms with Crippen molar-refractivity contribution in [1.29, 1.82) is 0 Å². The van der Waals surface area contributed by atoms with E-state index in [9.17, 15) is 14.0 Å². The second-order valence-electron chi connectivity index (χ2n) is 7.98. The number of hydrogen-bond acceptors (Lipinski definition) is 2. The highest BCUT2D eigenvalue weighted by molar-refractivity contribution is 5.86. The summed E-state index contributed by atoms with van der Waals surface area (Å²) in [5, 5.41) is 0. The zero-order chi connectivity index (χ0) is 17.4. The summed E-state index contributed by atoms with van der Waals surface area (Å²) in [7, 11) is 0. The minimum Gasteiger partial charge on any atom is -0.341 e. The number of hydrogen-bond donors (Lipinski definition) is 0.